The quantitative estimate of drug-likeness (QED) is 0.531. The van der Waals surface area contributed by atoms with Crippen LogP contribution in [0.5, 0.6) is 5.75 Å². The molecule has 0 aromatic heterocycles. The molecule has 1 nitrogen and oxygen atoms in total. The maximum atomic E-state index is 9.32. The summed E-state index contributed by atoms with van der Waals surface area (Å²) < 4.78 is 0. The van der Waals surface area contributed by atoms with Gasteiger partial charge in [0.1, 0.15) is 5.75 Å². The smallest absolute Gasteiger partial charge is 0.119 e. The van der Waals surface area contributed by atoms with E-state index in [9.17, 15) is 5.11 Å². The van der Waals surface area contributed by atoms with E-state index in [1.807, 2.05) is 13.0 Å². The molecule has 0 aliphatic rings. The molecule has 0 amide bonds. The third-order valence-electron chi connectivity index (χ3n) is 1.60. The van der Waals surface area contributed by atoms with Crippen molar-refractivity contribution in [2.45, 2.75) is 6.92 Å². The van der Waals surface area contributed by atoms with Crippen molar-refractivity contribution < 1.29 is 5.11 Å². The summed E-state index contributed by atoms with van der Waals surface area (Å²) in [5.74, 6) is 6.14. The standard InChI is InChI=1S/C10H9BrO/c1-8-9(5-3-7-11)4-2-6-10(8)12/h2,4,6,12H,7H2,1H3. The fourth-order valence-electron chi connectivity index (χ4n) is 0.888. The van der Waals surface area contributed by atoms with Gasteiger partial charge in [0.05, 0.1) is 5.33 Å². The highest BCUT2D eigenvalue weighted by Gasteiger charge is 1.97. The van der Waals surface area contributed by atoms with E-state index >= 15 is 0 Å². The summed E-state index contributed by atoms with van der Waals surface area (Å²) in [7, 11) is 0. The molecule has 0 unspecified atom stereocenters. The zero-order valence-electron chi connectivity index (χ0n) is 6.76. The lowest BCUT2D eigenvalue weighted by Crippen LogP contribution is -1.81. The fraction of sp³-hybridized carbons (Fsp3) is 0.200. The van der Waals surface area contributed by atoms with Crippen LogP contribution in [0.2, 0.25) is 0 Å². The largest absolute Gasteiger partial charge is 0.508 e. The number of aromatic hydroxyl groups is 1. The van der Waals surface area contributed by atoms with Crippen molar-refractivity contribution in [2.24, 2.45) is 0 Å². The molecule has 0 heterocycles. The lowest BCUT2D eigenvalue weighted by molar-refractivity contribution is 0.471. The van der Waals surface area contributed by atoms with Gasteiger partial charge in [-0.3, -0.25) is 0 Å². The molecule has 0 bridgehead atoms. The second kappa shape index (κ2) is 4.18. The van der Waals surface area contributed by atoms with Gasteiger partial charge in [-0.2, -0.15) is 0 Å². The Kier molecular flexibility index (Phi) is 3.19. The Morgan fingerprint density at radius 2 is 2.25 bits per heavy atom. The lowest BCUT2D eigenvalue weighted by Gasteiger charge is -1.99. The summed E-state index contributed by atoms with van der Waals surface area (Å²) in [6, 6.07) is 5.35. The Morgan fingerprint density at radius 3 is 2.92 bits per heavy atom. The second-order valence-corrected chi connectivity index (χ2v) is 2.95. The van der Waals surface area contributed by atoms with Gasteiger partial charge in [-0.25, -0.2) is 0 Å². The van der Waals surface area contributed by atoms with Crippen LogP contribution < -0.4 is 0 Å². The molecule has 0 radical (unpaired) electrons. The average Bonchev–Trinajstić information content (AvgIpc) is 2.08. The third-order valence-corrected chi connectivity index (χ3v) is 1.88. The molecule has 2 heteroatoms. The van der Waals surface area contributed by atoms with Crippen molar-refractivity contribution in [3.05, 3.63) is 29.3 Å². The molecule has 62 valence electrons. The van der Waals surface area contributed by atoms with Crippen LogP contribution in [0.15, 0.2) is 18.2 Å². The minimum absolute atomic E-state index is 0.302. The van der Waals surface area contributed by atoms with Crippen LogP contribution in [0.1, 0.15) is 11.1 Å². The summed E-state index contributed by atoms with van der Waals surface area (Å²) in [4.78, 5) is 0. The van der Waals surface area contributed by atoms with Crippen LogP contribution in [-0.2, 0) is 0 Å². The summed E-state index contributed by atoms with van der Waals surface area (Å²) in [5, 5.41) is 9.97. The Labute approximate surface area is 80.6 Å². The number of rotatable bonds is 0. The average molecular weight is 225 g/mol. The molecule has 1 aromatic rings. The van der Waals surface area contributed by atoms with Gasteiger partial charge in [0.25, 0.3) is 0 Å². The first-order chi connectivity index (χ1) is 5.75. The van der Waals surface area contributed by atoms with Crippen LogP contribution in [0.3, 0.4) is 0 Å². The van der Waals surface area contributed by atoms with Crippen molar-refractivity contribution in [3.63, 3.8) is 0 Å². The van der Waals surface area contributed by atoms with E-state index in [0.717, 1.165) is 11.1 Å². The molecule has 0 fully saturated rings. The van der Waals surface area contributed by atoms with Gasteiger partial charge in [-0.1, -0.05) is 33.8 Å². The van der Waals surface area contributed by atoms with Gasteiger partial charge in [-0.05, 0) is 19.1 Å². The van der Waals surface area contributed by atoms with Crippen molar-refractivity contribution in [2.75, 3.05) is 5.33 Å². The Balaban J connectivity index is 3.08. The number of halogens is 1. The second-order valence-electron chi connectivity index (χ2n) is 2.39. The molecule has 12 heavy (non-hydrogen) atoms. The van der Waals surface area contributed by atoms with E-state index in [-0.39, 0.29) is 0 Å². The van der Waals surface area contributed by atoms with Gasteiger partial charge < -0.3 is 5.11 Å². The zero-order valence-corrected chi connectivity index (χ0v) is 8.35. The first-order valence-electron chi connectivity index (χ1n) is 3.59. The summed E-state index contributed by atoms with van der Waals surface area (Å²) in [6.45, 7) is 1.85. The topological polar surface area (TPSA) is 20.2 Å². The van der Waals surface area contributed by atoms with E-state index in [1.165, 1.54) is 0 Å². The zero-order chi connectivity index (χ0) is 8.97. The fourth-order valence-corrected chi connectivity index (χ4v) is 1.03. The van der Waals surface area contributed by atoms with Crippen LogP contribution in [0.25, 0.3) is 0 Å². The summed E-state index contributed by atoms with van der Waals surface area (Å²) in [5.41, 5.74) is 1.72. The Bertz CT molecular complexity index is 333. The minimum atomic E-state index is 0.302. The van der Waals surface area contributed by atoms with Gasteiger partial charge in [0.15, 0.2) is 0 Å². The SMILES string of the molecule is Cc1c(O)cccc1C#CCBr. The number of benzene rings is 1. The summed E-state index contributed by atoms with van der Waals surface area (Å²) >= 11 is 3.21. The molecule has 0 atom stereocenters. The van der Waals surface area contributed by atoms with E-state index < -0.39 is 0 Å². The maximum absolute atomic E-state index is 9.32. The number of hydrogen-bond donors (Lipinski definition) is 1. The first-order valence-corrected chi connectivity index (χ1v) is 4.71. The molecular weight excluding hydrogens is 216 g/mol. The van der Waals surface area contributed by atoms with Crippen molar-refractivity contribution in [1.82, 2.24) is 0 Å². The van der Waals surface area contributed by atoms with Gasteiger partial charge in [0, 0.05) is 11.1 Å². The highest BCUT2D eigenvalue weighted by Crippen LogP contribution is 2.18. The van der Waals surface area contributed by atoms with Gasteiger partial charge in [-0.15, -0.1) is 0 Å². The van der Waals surface area contributed by atoms with Crippen LogP contribution >= 0.6 is 15.9 Å². The van der Waals surface area contributed by atoms with Crippen LogP contribution in [0.4, 0.5) is 0 Å². The first kappa shape index (κ1) is 9.15. The van der Waals surface area contributed by atoms with E-state index in [2.05, 4.69) is 27.8 Å². The highest BCUT2D eigenvalue weighted by atomic mass is 79.9. The molecule has 0 aliphatic carbocycles. The lowest BCUT2D eigenvalue weighted by atomic mass is 10.1. The van der Waals surface area contributed by atoms with E-state index in [1.54, 1.807) is 12.1 Å². The van der Waals surface area contributed by atoms with Crippen molar-refractivity contribution in [1.29, 1.82) is 0 Å². The Morgan fingerprint density at radius 1 is 1.50 bits per heavy atom. The molecule has 1 rings (SSSR count). The normalized spacial score (nSPS) is 8.83. The van der Waals surface area contributed by atoms with E-state index in [4.69, 9.17) is 0 Å². The summed E-state index contributed by atoms with van der Waals surface area (Å²) in [6.07, 6.45) is 0. The van der Waals surface area contributed by atoms with Gasteiger partial charge in [0.2, 0.25) is 0 Å². The number of phenols is 1. The molecule has 1 N–H and O–H groups in total. The number of phenolic OH excluding ortho intramolecular Hbond substituents is 1. The number of alkyl halides is 1. The minimum Gasteiger partial charge on any atom is -0.508 e. The highest BCUT2D eigenvalue weighted by molar-refractivity contribution is 9.09. The monoisotopic (exact) mass is 224 g/mol. The molecular formula is C10H9BrO. The predicted octanol–water partition coefficient (Wildman–Crippen LogP) is 2.45. The van der Waals surface area contributed by atoms with Crippen molar-refractivity contribution >= 4 is 15.9 Å². The maximum Gasteiger partial charge on any atom is 0.119 e. The molecule has 0 saturated carbocycles. The van der Waals surface area contributed by atoms with Gasteiger partial charge >= 0.3 is 0 Å². The van der Waals surface area contributed by atoms with Crippen LogP contribution in [-0.4, -0.2) is 10.4 Å². The molecule has 0 spiro atoms. The van der Waals surface area contributed by atoms with Crippen LogP contribution in [0, 0.1) is 18.8 Å². The molecule has 0 aliphatic heterocycles. The van der Waals surface area contributed by atoms with Crippen molar-refractivity contribution in [3.8, 4) is 17.6 Å². The predicted molar refractivity (Wildman–Crippen MR) is 53.5 cm³/mol. The van der Waals surface area contributed by atoms with E-state index in [0.29, 0.717) is 11.1 Å². The Hall–Kier alpha value is -0.940. The molecule has 0 saturated heterocycles. The number of hydrogen-bond acceptors (Lipinski definition) is 1. The molecule has 1 aromatic carbocycles. The third kappa shape index (κ3) is 2.02.